The van der Waals surface area contributed by atoms with Crippen LogP contribution >= 0.6 is 24.0 Å². The standard InChI is InChI=1S/C16H28N6O.HI/c1-12-19-14-13(7-6-10-22(14)21-12)20-15(17-2)18-11-16(23)8-4-3-5-9-16;/h13,23H,3-11H2,1-2H3,(H2,17,18,20);1H. The van der Waals surface area contributed by atoms with E-state index < -0.39 is 5.60 Å². The highest BCUT2D eigenvalue weighted by molar-refractivity contribution is 14.0. The summed E-state index contributed by atoms with van der Waals surface area (Å²) in [5, 5.41) is 21.8. The zero-order valence-electron chi connectivity index (χ0n) is 14.6. The zero-order chi connectivity index (χ0) is 16.3. The third-order valence-electron chi connectivity index (χ3n) is 4.88. The smallest absolute Gasteiger partial charge is 0.191 e. The molecule has 0 radical (unpaired) electrons. The van der Waals surface area contributed by atoms with E-state index in [9.17, 15) is 5.11 Å². The number of hydrogen-bond donors (Lipinski definition) is 3. The number of rotatable bonds is 3. The van der Waals surface area contributed by atoms with Gasteiger partial charge < -0.3 is 15.7 Å². The number of aliphatic imine (C=N–C) groups is 1. The number of fused-ring (bicyclic) bond motifs is 1. The fourth-order valence-electron chi connectivity index (χ4n) is 3.60. The molecule has 1 aliphatic carbocycles. The van der Waals surface area contributed by atoms with Crippen LogP contribution in [0.1, 0.15) is 62.6 Å². The van der Waals surface area contributed by atoms with Gasteiger partial charge in [-0.1, -0.05) is 19.3 Å². The van der Waals surface area contributed by atoms with Crippen LogP contribution in [0.15, 0.2) is 4.99 Å². The first-order valence-electron chi connectivity index (χ1n) is 8.70. The summed E-state index contributed by atoms with van der Waals surface area (Å²) < 4.78 is 1.98. The second-order valence-corrected chi connectivity index (χ2v) is 6.79. The van der Waals surface area contributed by atoms with Crippen molar-refractivity contribution >= 4 is 29.9 Å². The molecule has 3 N–H and O–H groups in total. The van der Waals surface area contributed by atoms with Gasteiger partial charge in [0.2, 0.25) is 0 Å². The van der Waals surface area contributed by atoms with Crippen LogP contribution in [0.3, 0.4) is 0 Å². The van der Waals surface area contributed by atoms with Gasteiger partial charge in [0.05, 0.1) is 11.6 Å². The van der Waals surface area contributed by atoms with Gasteiger partial charge in [0.1, 0.15) is 11.6 Å². The van der Waals surface area contributed by atoms with E-state index in [4.69, 9.17) is 0 Å². The number of halogens is 1. The molecular weight excluding hydrogens is 419 g/mol. The molecule has 1 fully saturated rings. The minimum absolute atomic E-state index is 0. The summed E-state index contributed by atoms with van der Waals surface area (Å²) in [5.41, 5.74) is -0.598. The number of guanidine groups is 1. The van der Waals surface area contributed by atoms with E-state index >= 15 is 0 Å². The zero-order valence-corrected chi connectivity index (χ0v) is 16.9. The lowest BCUT2D eigenvalue weighted by Gasteiger charge is -2.33. The molecule has 7 nitrogen and oxygen atoms in total. The molecule has 1 aliphatic heterocycles. The van der Waals surface area contributed by atoms with Crippen LogP contribution in [0.25, 0.3) is 0 Å². The Morgan fingerprint density at radius 1 is 1.33 bits per heavy atom. The van der Waals surface area contributed by atoms with E-state index in [2.05, 4.69) is 25.7 Å². The molecule has 0 saturated heterocycles. The molecule has 0 bridgehead atoms. The molecule has 1 atom stereocenters. The summed E-state index contributed by atoms with van der Waals surface area (Å²) in [6.45, 7) is 3.40. The maximum Gasteiger partial charge on any atom is 0.191 e. The van der Waals surface area contributed by atoms with Crippen molar-refractivity contribution in [3.05, 3.63) is 11.6 Å². The first-order chi connectivity index (χ1) is 11.1. The van der Waals surface area contributed by atoms with E-state index in [1.54, 1.807) is 7.05 Å². The van der Waals surface area contributed by atoms with Crippen LogP contribution in [-0.4, -0.2) is 45.0 Å². The molecule has 3 rings (SSSR count). The van der Waals surface area contributed by atoms with Gasteiger partial charge in [0.15, 0.2) is 5.96 Å². The minimum atomic E-state index is -0.598. The largest absolute Gasteiger partial charge is 0.388 e. The summed E-state index contributed by atoms with van der Waals surface area (Å²) >= 11 is 0. The fraction of sp³-hybridized carbons (Fsp3) is 0.812. The van der Waals surface area contributed by atoms with Crippen molar-refractivity contribution in [2.45, 2.75) is 70.1 Å². The van der Waals surface area contributed by atoms with Crippen molar-refractivity contribution in [2.24, 2.45) is 4.99 Å². The second kappa shape index (κ2) is 8.46. The van der Waals surface area contributed by atoms with Crippen LogP contribution in [0.2, 0.25) is 0 Å². The molecule has 1 aromatic heterocycles. The predicted octanol–water partition coefficient (Wildman–Crippen LogP) is 1.90. The van der Waals surface area contributed by atoms with E-state index in [0.29, 0.717) is 6.54 Å². The maximum absolute atomic E-state index is 10.6. The van der Waals surface area contributed by atoms with E-state index in [1.807, 2.05) is 11.6 Å². The molecule has 1 saturated carbocycles. The van der Waals surface area contributed by atoms with E-state index in [-0.39, 0.29) is 30.0 Å². The Balaban J connectivity index is 0.00000208. The Kier molecular flexibility index (Phi) is 6.85. The topological polar surface area (TPSA) is 87.4 Å². The second-order valence-electron chi connectivity index (χ2n) is 6.79. The first-order valence-corrected chi connectivity index (χ1v) is 8.70. The van der Waals surface area contributed by atoms with Gasteiger partial charge in [0, 0.05) is 20.1 Å². The van der Waals surface area contributed by atoms with Gasteiger partial charge >= 0.3 is 0 Å². The average molecular weight is 448 g/mol. The fourth-order valence-corrected chi connectivity index (χ4v) is 3.60. The average Bonchev–Trinajstić information content (AvgIpc) is 2.93. The number of aliphatic hydroxyl groups is 1. The molecule has 1 unspecified atom stereocenters. The van der Waals surface area contributed by atoms with Crippen LogP contribution in [0, 0.1) is 6.92 Å². The number of nitrogens with one attached hydrogen (secondary N) is 2. The molecule has 2 heterocycles. The van der Waals surface area contributed by atoms with Crippen LogP contribution in [-0.2, 0) is 6.54 Å². The van der Waals surface area contributed by atoms with Crippen molar-refractivity contribution in [1.82, 2.24) is 25.4 Å². The van der Waals surface area contributed by atoms with Crippen molar-refractivity contribution in [3.63, 3.8) is 0 Å². The Labute approximate surface area is 160 Å². The predicted molar refractivity (Wildman–Crippen MR) is 105 cm³/mol. The summed E-state index contributed by atoms with van der Waals surface area (Å²) in [6, 6.07) is 0.122. The summed E-state index contributed by atoms with van der Waals surface area (Å²) in [5.74, 6) is 2.52. The molecule has 0 aromatic carbocycles. The Morgan fingerprint density at radius 2 is 2.08 bits per heavy atom. The third-order valence-corrected chi connectivity index (χ3v) is 4.88. The number of aromatic nitrogens is 3. The molecule has 1 aromatic rings. The van der Waals surface area contributed by atoms with Crippen molar-refractivity contribution in [2.75, 3.05) is 13.6 Å². The molecular formula is C16H29IN6O. The molecule has 8 heteroatoms. The first kappa shape index (κ1) is 19.4. The van der Waals surface area contributed by atoms with Gasteiger partial charge in [-0.15, -0.1) is 24.0 Å². The molecule has 0 amide bonds. The number of nitrogens with zero attached hydrogens (tertiary/aromatic N) is 4. The van der Waals surface area contributed by atoms with Crippen molar-refractivity contribution in [1.29, 1.82) is 0 Å². The Hall–Kier alpha value is -0.900. The normalized spacial score (nSPS) is 23.1. The molecule has 2 aliphatic rings. The number of aryl methyl sites for hydroxylation is 2. The van der Waals surface area contributed by atoms with Crippen molar-refractivity contribution < 1.29 is 5.11 Å². The van der Waals surface area contributed by atoms with Crippen LogP contribution < -0.4 is 10.6 Å². The van der Waals surface area contributed by atoms with Crippen LogP contribution in [0.4, 0.5) is 0 Å². The molecule has 0 spiro atoms. The third kappa shape index (κ3) is 4.59. The summed E-state index contributed by atoms with van der Waals surface area (Å²) in [7, 11) is 1.76. The lowest BCUT2D eigenvalue weighted by Crippen LogP contribution is -2.49. The highest BCUT2D eigenvalue weighted by atomic mass is 127. The Bertz CT molecular complexity index is 567. The van der Waals surface area contributed by atoms with Crippen molar-refractivity contribution in [3.8, 4) is 0 Å². The highest BCUT2D eigenvalue weighted by Gasteiger charge is 2.30. The lowest BCUT2D eigenvalue weighted by molar-refractivity contribution is 0.00854. The van der Waals surface area contributed by atoms with Crippen LogP contribution in [0.5, 0.6) is 0 Å². The van der Waals surface area contributed by atoms with Gasteiger partial charge in [-0.05, 0) is 32.6 Å². The van der Waals surface area contributed by atoms with Gasteiger partial charge in [-0.25, -0.2) is 9.67 Å². The summed E-state index contributed by atoms with van der Waals surface area (Å²) in [4.78, 5) is 8.84. The molecule has 24 heavy (non-hydrogen) atoms. The van der Waals surface area contributed by atoms with Gasteiger partial charge in [-0.3, -0.25) is 4.99 Å². The summed E-state index contributed by atoms with van der Waals surface area (Å²) in [6.07, 6.45) is 7.27. The lowest BCUT2D eigenvalue weighted by atomic mass is 9.85. The number of hydrogen-bond acceptors (Lipinski definition) is 4. The van der Waals surface area contributed by atoms with E-state index in [0.717, 1.165) is 62.7 Å². The quantitative estimate of drug-likeness (QED) is 0.374. The minimum Gasteiger partial charge on any atom is -0.388 e. The highest BCUT2D eigenvalue weighted by Crippen LogP contribution is 2.27. The van der Waals surface area contributed by atoms with Gasteiger partial charge in [-0.2, -0.15) is 5.10 Å². The Morgan fingerprint density at radius 3 is 2.79 bits per heavy atom. The van der Waals surface area contributed by atoms with Gasteiger partial charge in [0.25, 0.3) is 0 Å². The van der Waals surface area contributed by atoms with E-state index in [1.165, 1.54) is 6.42 Å². The molecule has 136 valence electrons. The SMILES string of the molecule is CN=C(NCC1(O)CCCCC1)NC1CCCn2nc(C)nc21.I. The monoisotopic (exact) mass is 448 g/mol. The maximum atomic E-state index is 10.6.